The quantitative estimate of drug-likeness (QED) is 0.214. The molecule has 1 heterocycles. The van der Waals surface area contributed by atoms with Crippen LogP contribution in [0.2, 0.25) is 0 Å². The number of carbonyl (C=O) groups is 1. The number of ether oxygens (including phenoxy) is 1. The number of nitrogens with one attached hydrogen (secondary N) is 3. The van der Waals surface area contributed by atoms with E-state index in [1.807, 2.05) is 0 Å². The number of carbonyl (C=O) groups excluding carboxylic acids is 1. The summed E-state index contributed by atoms with van der Waals surface area (Å²) < 4.78 is 48.0. The topological polar surface area (TPSA) is 87.9 Å². The highest BCUT2D eigenvalue weighted by Gasteiger charge is 2.29. The summed E-state index contributed by atoms with van der Waals surface area (Å²) in [7, 11) is 1.31. The van der Waals surface area contributed by atoms with Gasteiger partial charge >= 0.3 is 12.1 Å². The van der Waals surface area contributed by atoms with Crippen molar-refractivity contribution in [1.29, 1.82) is 0 Å². The summed E-state index contributed by atoms with van der Waals surface area (Å²) >= 11 is 5.03. The normalized spacial score (nSPS) is 11.2. The van der Waals surface area contributed by atoms with Gasteiger partial charge in [0, 0.05) is 5.56 Å². The molecule has 3 rings (SSSR count). The van der Waals surface area contributed by atoms with Gasteiger partial charge in [-0.05, 0) is 60.7 Å². The van der Waals surface area contributed by atoms with E-state index >= 15 is 0 Å². The minimum Gasteiger partial charge on any atom is -0.465 e. The summed E-state index contributed by atoms with van der Waals surface area (Å²) in [4.78, 5) is 11.5. The molecule has 3 N–H and O–H groups in total. The monoisotopic (exact) mass is 462 g/mol. The van der Waals surface area contributed by atoms with Crippen molar-refractivity contribution in [3.8, 4) is 11.3 Å². The molecule has 0 fully saturated rings. The smallest absolute Gasteiger partial charge is 0.416 e. The number of rotatable bonds is 6. The van der Waals surface area contributed by atoms with Crippen molar-refractivity contribution in [3.63, 3.8) is 0 Å². The third-order valence-corrected chi connectivity index (χ3v) is 4.30. The third kappa shape index (κ3) is 6.08. The summed E-state index contributed by atoms with van der Waals surface area (Å²) in [5, 5.41) is 4.02. The Balaban J connectivity index is 1.49. The van der Waals surface area contributed by atoms with Gasteiger partial charge in [0.25, 0.3) is 0 Å². The van der Waals surface area contributed by atoms with Crippen LogP contribution in [0.15, 0.2) is 70.2 Å². The van der Waals surface area contributed by atoms with Gasteiger partial charge in [-0.2, -0.15) is 18.3 Å². The van der Waals surface area contributed by atoms with Crippen molar-refractivity contribution in [2.24, 2.45) is 5.10 Å². The molecule has 0 bridgehead atoms. The van der Waals surface area contributed by atoms with Crippen LogP contribution in [0, 0.1) is 0 Å². The van der Waals surface area contributed by atoms with E-state index in [0.29, 0.717) is 22.8 Å². The van der Waals surface area contributed by atoms with Gasteiger partial charge in [-0.15, -0.1) is 0 Å². The number of hydrogen-bond donors (Lipinski definition) is 3. The van der Waals surface area contributed by atoms with Gasteiger partial charge in [0.1, 0.15) is 11.5 Å². The Morgan fingerprint density at radius 2 is 1.75 bits per heavy atom. The van der Waals surface area contributed by atoms with Crippen molar-refractivity contribution < 1.29 is 27.1 Å². The van der Waals surface area contributed by atoms with Crippen LogP contribution in [0.4, 0.5) is 18.9 Å². The van der Waals surface area contributed by atoms with Gasteiger partial charge in [-0.25, -0.2) is 4.79 Å². The molecule has 0 atom stereocenters. The molecule has 0 spiro atoms. The van der Waals surface area contributed by atoms with Gasteiger partial charge in [0.05, 0.1) is 30.1 Å². The van der Waals surface area contributed by atoms with E-state index < -0.39 is 17.7 Å². The Labute approximate surface area is 186 Å². The van der Waals surface area contributed by atoms with Crippen molar-refractivity contribution >= 4 is 35.2 Å². The zero-order chi connectivity index (χ0) is 23.1. The number of hydrazone groups is 1. The number of hydrogen-bond acceptors (Lipinski definition) is 6. The first-order valence-electron chi connectivity index (χ1n) is 9.07. The summed E-state index contributed by atoms with van der Waals surface area (Å²) in [6, 6.07) is 14.6. The van der Waals surface area contributed by atoms with Gasteiger partial charge in [0.2, 0.25) is 5.11 Å². The summed E-state index contributed by atoms with van der Waals surface area (Å²) in [6.07, 6.45) is -2.99. The van der Waals surface area contributed by atoms with Crippen LogP contribution >= 0.6 is 12.2 Å². The van der Waals surface area contributed by atoms with Gasteiger partial charge in [-0.3, -0.25) is 16.3 Å². The molecule has 0 radical (unpaired) electrons. The molecule has 7 nitrogen and oxygen atoms in total. The second-order valence-electron chi connectivity index (χ2n) is 6.30. The molecule has 0 aliphatic heterocycles. The van der Waals surface area contributed by atoms with Crippen LogP contribution in [0.25, 0.3) is 11.3 Å². The second-order valence-corrected chi connectivity index (χ2v) is 6.70. The van der Waals surface area contributed by atoms with Crippen LogP contribution in [-0.4, -0.2) is 24.4 Å². The van der Waals surface area contributed by atoms with Crippen molar-refractivity contribution in [3.05, 3.63) is 77.6 Å². The molecule has 3 aromatic rings. The van der Waals surface area contributed by atoms with Gasteiger partial charge < -0.3 is 9.15 Å². The highest BCUT2D eigenvalue weighted by atomic mass is 32.1. The first-order chi connectivity index (χ1) is 15.3. The van der Waals surface area contributed by atoms with E-state index in [-0.39, 0.29) is 5.11 Å². The molecule has 0 saturated carbocycles. The molecule has 0 aliphatic carbocycles. The Morgan fingerprint density at radius 3 is 2.38 bits per heavy atom. The number of methoxy groups -OCH3 is 1. The first kappa shape index (κ1) is 22.8. The van der Waals surface area contributed by atoms with Gasteiger partial charge in [0.15, 0.2) is 0 Å². The fourth-order valence-corrected chi connectivity index (χ4v) is 2.62. The Bertz CT molecular complexity index is 1110. The molecule has 32 heavy (non-hydrogen) atoms. The van der Waals surface area contributed by atoms with Crippen molar-refractivity contribution in [2.45, 2.75) is 6.18 Å². The lowest BCUT2D eigenvalue weighted by Gasteiger charge is -2.11. The van der Waals surface area contributed by atoms with Crippen molar-refractivity contribution in [1.82, 2.24) is 10.9 Å². The largest absolute Gasteiger partial charge is 0.465 e. The number of esters is 1. The number of alkyl halides is 3. The maximum Gasteiger partial charge on any atom is 0.416 e. The SMILES string of the molecule is COC(=O)c1ccc(-c2ccc(C=NNC(=S)NNc3ccc(C(F)(F)F)cc3)o2)cc1. The lowest BCUT2D eigenvalue weighted by molar-refractivity contribution is -0.137. The molecule has 0 unspecified atom stereocenters. The molecule has 2 aromatic carbocycles. The van der Waals surface area contributed by atoms with Crippen LogP contribution in [0.5, 0.6) is 0 Å². The minimum atomic E-state index is -4.39. The number of anilines is 1. The average Bonchev–Trinajstić information content (AvgIpc) is 3.26. The Hall–Kier alpha value is -3.86. The highest BCUT2D eigenvalue weighted by Crippen LogP contribution is 2.29. The molecular weight excluding hydrogens is 445 g/mol. The standard InChI is InChI=1S/C21H17F3N4O3S/c1-30-19(29)14-4-2-13(3-5-14)18-11-10-17(31-18)12-25-27-20(32)28-26-16-8-6-15(7-9-16)21(22,23)24/h2-12,26H,1H3,(H2,27,28,32). The van der Waals surface area contributed by atoms with Crippen LogP contribution in [0.1, 0.15) is 21.7 Å². The fourth-order valence-electron chi connectivity index (χ4n) is 2.52. The zero-order valence-corrected chi connectivity index (χ0v) is 17.4. The number of furan rings is 1. The maximum atomic E-state index is 12.6. The molecule has 166 valence electrons. The van der Waals surface area contributed by atoms with E-state index in [2.05, 4.69) is 26.1 Å². The average molecular weight is 462 g/mol. The lowest BCUT2D eigenvalue weighted by Crippen LogP contribution is -2.36. The van der Waals surface area contributed by atoms with Gasteiger partial charge in [-0.1, -0.05) is 12.1 Å². The molecule has 11 heteroatoms. The van der Waals surface area contributed by atoms with E-state index in [9.17, 15) is 18.0 Å². The Morgan fingerprint density at radius 1 is 1.06 bits per heavy atom. The first-order valence-corrected chi connectivity index (χ1v) is 9.48. The molecule has 0 aliphatic rings. The molecule has 1 aromatic heterocycles. The second kappa shape index (κ2) is 9.96. The molecule has 0 amide bonds. The predicted molar refractivity (Wildman–Crippen MR) is 117 cm³/mol. The lowest BCUT2D eigenvalue weighted by atomic mass is 10.1. The van der Waals surface area contributed by atoms with E-state index in [1.54, 1.807) is 36.4 Å². The summed E-state index contributed by atoms with van der Waals surface area (Å²) in [5.74, 6) is 0.600. The maximum absolute atomic E-state index is 12.6. The minimum absolute atomic E-state index is 0.0892. The van der Waals surface area contributed by atoms with Crippen molar-refractivity contribution in [2.75, 3.05) is 12.5 Å². The third-order valence-electron chi connectivity index (χ3n) is 4.11. The number of halogens is 3. The number of nitrogens with zero attached hydrogens (tertiary/aromatic N) is 1. The van der Waals surface area contributed by atoms with Crippen LogP contribution < -0.4 is 16.3 Å². The summed E-state index contributed by atoms with van der Waals surface area (Å²) in [5.41, 5.74) is 8.65. The fraction of sp³-hybridized carbons (Fsp3) is 0.0952. The zero-order valence-electron chi connectivity index (χ0n) is 16.6. The number of thiocarbonyl (C=S) groups is 1. The highest BCUT2D eigenvalue weighted by molar-refractivity contribution is 7.80. The number of hydrazine groups is 1. The van der Waals surface area contributed by atoms with Crippen LogP contribution in [0.3, 0.4) is 0 Å². The Kier molecular flexibility index (Phi) is 7.11. The summed E-state index contributed by atoms with van der Waals surface area (Å²) in [6.45, 7) is 0. The molecular formula is C21H17F3N4O3S. The van der Waals surface area contributed by atoms with E-state index in [1.165, 1.54) is 25.5 Å². The predicted octanol–water partition coefficient (Wildman–Crippen LogP) is 4.58. The molecule has 0 saturated heterocycles. The van der Waals surface area contributed by atoms with Crippen LogP contribution in [-0.2, 0) is 10.9 Å². The number of benzene rings is 2. The van der Waals surface area contributed by atoms with E-state index in [0.717, 1.165) is 17.7 Å². The van der Waals surface area contributed by atoms with E-state index in [4.69, 9.17) is 16.6 Å².